The third kappa shape index (κ3) is 5.26. The quantitative estimate of drug-likeness (QED) is 0.425. The molecule has 1 aliphatic rings. The first-order valence-electron chi connectivity index (χ1n) is 9.90. The number of benzene rings is 2. The second kappa shape index (κ2) is 9.81. The average molecular weight is 475 g/mol. The van der Waals surface area contributed by atoms with Crippen molar-refractivity contribution >= 4 is 46.2 Å². The lowest BCUT2D eigenvalue weighted by Gasteiger charge is -2.31. The number of Topliss-reactive ketones (excluding diaryl/α,β-unsaturated/α-hetero) is 1. The van der Waals surface area contributed by atoms with E-state index in [1.807, 2.05) is 17.5 Å². The molecule has 0 unspecified atom stereocenters. The average Bonchev–Trinajstić information content (AvgIpc) is 3.33. The summed E-state index contributed by atoms with van der Waals surface area (Å²) in [6.45, 7) is 1.42. The van der Waals surface area contributed by atoms with Crippen LogP contribution in [-0.2, 0) is 6.61 Å². The van der Waals surface area contributed by atoms with E-state index in [9.17, 15) is 9.59 Å². The Labute approximate surface area is 194 Å². The Hall–Kier alpha value is -2.41. The molecule has 0 atom stereocenters. The van der Waals surface area contributed by atoms with E-state index >= 15 is 0 Å². The number of ether oxygens (including phenoxy) is 1. The number of carbonyl (C=O) groups excluding carboxylic acids is 2. The molecule has 0 spiro atoms. The van der Waals surface area contributed by atoms with Gasteiger partial charge in [-0.15, -0.1) is 11.3 Å². The lowest BCUT2D eigenvalue weighted by molar-refractivity contribution is 0.0650. The summed E-state index contributed by atoms with van der Waals surface area (Å²) in [5, 5.41) is 2.73. The van der Waals surface area contributed by atoms with E-state index in [2.05, 4.69) is 4.98 Å². The van der Waals surface area contributed by atoms with Crippen LogP contribution in [0.15, 0.2) is 53.4 Å². The summed E-state index contributed by atoms with van der Waals surface area (Å²) in [5.41, 5.74) is 3.75. The van der Waals surface area contributed by atoms with Gasteiger partial charge in [-0.1, -0.05) is 29.3 Å². The van der Waals surface area contributed by atoms with Crippen LogP contribution in [0.25, 0.3) is 0 Å². The number of likely N-dealkylation sites (tertiary alicyclic amines) is 1. The van der Waals surface area contributed by atoms with Crippen molar-refractivity contribution in [1.29, 1.82) is 0 Å². The fourth-order valence-corrected chi connectivity index (χ4v) is 4.44. The van der Waals surface area contributed by atoms with Gasteiger partial charge in [0.2, 0.25) is 0 Å². The van der Waals surface area contributed by atoms with Crippen molar-refractivity contribution < 1.29 is 14.3 Å². The van der Waals surface area contributed by atoms with Gasteiger partial charge in [-0.05, 0) is 49.2 Å². The third-order valence-electron chi connectivity index (χ3n) is 5.31. The van der Waals surface area contributed by atoms with Gasteiger partial charge in [-0.2, -0.15) is 0 Å². The molecule has 8 heteroatoms. The predicted molar refractivity (Wildman–Crippen MR) is 122 cm³/mol. The number of carbonyl (C=O) groups is 2. The maximum atomic E-state index is 13.0. The summed E-state index contributed by atoms with van der Waals surface area (Å²) in [7, 11) is 0. The third-order valence-corrected chi connectivity index (χ3v) is 6.68. The van der Waals surface area contributed by atoms with Gasteiger partial charge in [0.25, 0.3) is 5.91 Å². The Balaban J connectivity index is 1.35. The highest BCUT2D eigenvalue weighted by Crippen LogP contribution is 2.28. The molecule has 1 aromatic heterocycles. The molecule has 2 aromatic carbocycles. The van der Waals surface area contributed by atoms with Crippen LogP contribution >= 0.6 is 34.5 Å². The molecular formula is C23H20Cl2N2O3S. The molecule has 4 rings (SSSR count). The van der Waals surface area contributed by atoms with Gasteiger partial charge in [0.05, 0.1) is 21.2 Å². The smallest absolute Gasteiger partial charge is 0.253 e. The van der Waals surface area contributed by atoms with E-state index in [1.54, 1.807) is 40.7 Å². The van der Waals surface area contributed by atoms with Crippen LogP contribution in [0.4, 0.5) is 0 Å². The molecule has 5 nitrogen and oxygen atoms in total. The maximum Gasteiger partial charge on any atom is 0.253 e. The number of amides is 1. The Bertz CT molecular complexity index is 1080. The Morgan fingerprint density at radius 1 is 1.06 bits per heavy atom. The summed E-state index contributed by atoms with van der Waals surface area (Å²) in [4.78, 5) is 31.7. The van der Waals surface area contributed by atoms with Gasteiger partial charge in [0, 0.05) is 35.5 Å². The van der Waals surface area contributed by atoms with Crippen molar-refractivity contribution in [1.82, 2.24) is 9.88 Å². The highest BCUT2D eigenvalue weighted by atomic mass is 35.5. The molecule has 0 bridgehead atoms. The minimum absolute atomic E-state index is 0.0445. The van der Waals surface area contributed by atoms with Crippen molar-refractivity contribution in [2.75, 3.05) is 13.1 Å². The molecule has 0 aliphatic carbocycles. The summed E-state index contributed by atoms with van der Waals surface area (Å²) in [6.07, 6.45) is 1.23. The monoisotopic (exact) mass is 474 g/mol. The van der Waals surface area contributed by atoms with Crippen molar-refractivity contribution in [2.45, 2.75) is 19.4 Å². The van der Waals surface area contributed by atoms with Crippen LogP contribution in [0.3, 0.4) is 0 Å². The van der Waals surface area contributed by atoms with Gasteiger partial charge < -0.3 is 9.64 Å². The van der Waals surface area contributed by atoms with Crippen molar-refractivity contribution in [3.05, 3.63) is 80.2 Å². The summed E-state index contributed by atoms with van der Waals surface area (Å²) < 4.78 is 5.75. The van der Waals surface area contributed by atoms with Gasteiger partial charge >= 0.3 is 0 Å². The first-order valence-corrected chi connectivity index (χ1v) is 11.6. The highest BCUT2D eigenvalue weighted by molar-refractivity contribution is 7.07. The summed E-state index contributed by atoms with van der Waals surface area (Å²) >= 11 is 13.5. The molecule has 1 amide bonds. The van der Waals surface area contributed by atoms with Crippen LogP contribution in [-0.4, -0.2) is 34.7 Å². The molecule has 0 radical (unpaired) electrons. The molecule has 1 aliphatic heterocycles. The number of ketones is 1. The van der Waals surface area contributed by atoms with E-state index in [1.165, 1.54) is 11.3 Å². The van der Waals surface area contributed by atoms with Crippen LogP contribution in [0.5, 0.6) is 5.75 Å². The van der Waals surface area contributed by atoms with Crippen molar-refractivity contribution in [3.63, 3.8) is 0 Å². The normalized spacial score (nSPS) is 14.5. The van der Waals surface area contributed by atoms with Crippen molar-refractivity contribution in [2.24, 2.45) is 5.92 Å². The molecule has 3 aromatic rings. The minimum atomic E-state index is -0.130. The number of hydrogen-bond acceptors (Lipinski definition) is 5. The molecule has 0 N–H and O–H groups in total. The number of aromatic nitrogens is 1. The standard InChI is InChI=1S/C23H20Cl2N2O3S/c24-20-5-4-16(11-21(20)25)22(28)15-6-8-27(9-7-15)23(29)17-2-1-3-19(10-17)30-12-18-13-31-14-26-18/h1-5,10-11,13-15H,6-9,12H2. The molecule has 160 valence electrons. The Morgan fingerprint density at radius 3 is 2.58 bits per heavy atom. The van der Waals surface area contributed by atoms with E-state index in [4.69, 9.17) is 27.9 Å². The number of rotatable bonds is 6. The molecule has 31 heavy (non-hydrogen) atoms. The SMILES string of the molecule is O=C(c1ccc(Cl)c(Cl)c1)C1CCN(C(=O)c2cccc(OCc3cscn3)c2)CC1. The van der Waals surface area contributed by atoms with Crippen molar-refractivity contribution in [3.8, 4) is 5.75 Å². The van der Waals surface area contributed by atoms with Crippen LogP contribution in [0, 0.1) is 5.92 Å². The van der Waals surface area contributed by atoms with Crippen LogP contribution < -0.4 is 4.74 Å². The topological polar surface area (TPSA) is 59.5 Å². The Morgan fingerprint density at radius 2 is 1.87 bits per heavy atom. The first-order chi connectivity index (χ1) is 15.0. The highest BCUT2D eigenvalue weighted by Gasteiger charge is 2.28. The number of thiazole rings is 1. The summed E-state index contributed by atoms with van der Waals surface area (Å²) in [6, 6.07) is 12.1. The lowest BCUT2D eigenvalue weighted by Crippen LogP contribution is -2.40. The zero-order valence-corrected chi connectivity index (χ0v) is 18.9. The van der Waals surface area contributed by atoms with Gasteiger partial charge in [0.15, 0.2) is 5.78 Å². The van der Waals surface area contributed by atoms with Gasteiger partial charge in [-0.25, -0.2) is 4.98 Å². The zero-order chi connectivity index (χ0) is 21.8. The number of halogens is 2. The number of nitrogens with zero attached hydrogens (tertiary/aromatic N) is 2. The molecular weight excluding hydrogens is 455 g/mol. The van der Waals surface area contributed by atoms with Gasteiger partial charge in [-0.3, -0.25) is 9.59 Å². The molecule has 1 saturated heterocycles. The minimum Gasteiger partial charge on any atom is -0.487 e. The zero-order valence-electron chi connectivity index (χ0n) is 16.6. The second-order valence-electron chi connectivity index (χ2n) is 7.36. The van der Waals surface area contributed by atoms with Gasteiger partial charge in [0.1, 0.15) is 12.4 Å². The van der Waals surface area contributed by atoms with Crippen LogP contribution in [0.2, 0.25) is 10.0 Å². The molecule has 2 heterocycles. The van der Waals surface area contributed by atoms with E-state index < -0.39 is 0 Å². The predicted octanol–water partition coefficient (Wildman–Crippen LogP) is 5.76. The maximum absolute atomic E-state index is 13.0. The lowest BCUT2D eigenvalue weighted by atomic mass is 9.88. The fourth-order valence-electron chi connectivity index (χ4n) is 3.60. The fraction of sp³-hybridized carbons (Fsp3) is 0.261. The van der Waals surface area contributed by atoms with E-state index in [-0.39, 0.29) is 17.6 Å². The second-order valence-corrected chi connectivity index (χ2v) is 8.89. The number of piperidine rings is 1. The summed E-state index contributed by atoms with van der Waals surface area (Å²) in [5.74, 6) is 0.486. The Kier molecular flexibility index (Phi) is 6.90. The van der Waals surface area contributed by atoms with E-state index in [0.29, 0.717) is 59.5 Å². The number of hydrogen-bond donors (Lipinski definition) is 0. The molecule has 1 fully saturated rings. The van der Waals surface area contributed by atoms with Crippen LogP contribution in [0.1, 0.15) is 39.3 Å². The first kappa shape index (κ1) is 21.8. The molecule has 0 saturated carbocycles. The van der Waals surface area contributed by atoms with E-state index in [0.717, 1.165) is 5.69 Å². The largest absolute Gasteiger partial charge is 0.487 e.